The molecule has 3 rings (SSSR count). The third kappa shape index (κ3) is 0.737. The van der Waals surface area contributed by atoms with E-state index >= 15 is 0 Å². The Kier molecular flexibility index (Phi) is 1.44. The molecule has 1 saturated heterocycles. The summed E-state index contributed by atoms with van der Waals surface area (Å²) in [6.07, 6.45) is 3.78. The second kappa shape index (κ2) is 2.19. The molecule has 0 radical (unpaired) electrons. The summed E-state index contributed by atoms with van der Waals surface area (Å²) in [7, 11) is 0. The molecule has 2 bridgehead atoms. The Morgan fingerprint density at radius 3 is 2.36 bits per heavy atom. The van der Waals surface area contributed by atoms with Gasteiger partial charge in [-0.25, -0.2) is 0 Å². The first-order valence-electron chi connectivity index (χ1n) is 5.76. The number of hydrogen-bond acceptors (Lipinski definition) is 2. The van der Waals surface area contributed by atoms with Crippen LogP contribution in [0.25, 0.3) is 0 Å². The maximum absolute atomic E-state index is 11.0. The molecule has 1 heterocycles. The predicted octanol–water partition coefficient (Wildman–Crippen LogP) is 1.96. The Morgan fingerprint density at radius 1 is 1.29 bits per heavy atom. The summed E-state index contributed by atoms with van der Waals surface area (Å²) in [4.78, 5) is 0. The lowest BCUT2D eigenvalue weighted by molar-refractivity contribution is -0.156. The van der Waals surface area contributed by atoms with Gasteiger partial charge < -0.3 is 9.84 Å². The minimum atomic E-state index is -0.567. The van der Waals surface area contributed by atoms with Gasteiger partial charge in [0.15, 0.2) is 0 Å². The van der Waals surface area contributed by atoms with Crippen LogP contribution in [0.5, 0.6) is 0 Å². The molecule has 0 unspecified atom stereocenters. The van der Waals surface area contributed by atoms with Gasteiger partial charge in [0.1, 0.15) is 11.7 Å². The summed E-state index contributed by atoms with van der Waals surface area (Å²) in [6, 6.07) is 0. The molecule has 2 nitrogen and oxygen atoms in total. The molecule has 0 aromatic rings. The molecule has 1 aliphatic heterocycles. The summed E-state index contributed by atoms with van der Waals surface area (Å²) in [6.45, 7) is 7.47. The van der Waals surface area contributed by atoms with Gasteiger partial charge in [0.05, 0.1) is 6.61 Å². The first kappa shape index (κ1) is 9.17. The van der Waals surface area contributed by atoms with Crippen molar-refractivity contribution in [1.82, 2.24) is 0 Å². The molecule has 1 N–H and O–H groups in total. The van der Waals surface area contributed by atoms with Gasteiger partial charge in [0.25, 0.3) is 0 Å². The van der Waals surface area contributed by atoms with Gasteiger partial charge in [-0.1, -0.05) is 20.8 Å². The second-order valence-corrected chi connectivity index (χ2v) is 6.31. The van der Waals surface area contributed by atoms with Crippen molar-refractivity contribution in [2.24, 2.45) is 16.7 Å². The van der Waals surface area contributed by atoms with Gasteiger partial charge in [0.2, 0.25) is 0 Å². The Bertz CT molecular complexity index is 275. The summed E-state index contributed by atoms with van der Waals surface area (Å²) in [5.74, 6) is 0.696. The molecule has 0 spiro atoms. The highest BCUT2D eigenvalue weighted by Crippen LogP contribution is 2.70. The largest absolute Gasteiger partial charge is 0.386 e. The molecule has 80 valence electrons. The molecule has 0 aromatic heterocycles. The maximum atomic E-state index is 11.0. The Hall–Kier alpha value is -0.0800. The van der Waals surface area contributed by atoms with Gasteiger partial charge in [-0.3, -0.25) is 0 Å². The Morgan fingerprint density at radius 2 is 1.93 bits per heavy atom. The van der Waals surface area contributed by atoms with Crippen molar-refractivity contribution >= 4 is 0 Å². The number of ether oxygens (including phenoxy) is 1. The molecule has 14 heavy (non-hydrogen) atoms. The van der Waals surface area contributed by atoms with Crippen molar-refractivity contribution in [2.45, 2.75) is 51.7 Å². The number of hydrogen-bond donors (Lipinski definition) is 1. The van der Waals surface area contributed by atoms with Crippen LogP contribution in [0.3, 0.4) is 0 Å². The van der Waals surface area contributed by atoms with E-state index in [2.05, 4.69) is 20.8 Å². The number of fused-ring (bicyclic) bond motifs is 2. The van der Waals surface area contributed by atoms with Crippen LogP contribution in [0.1, 0.15) is 40.0 Å². The van der Waals surface area contributed by atoms with Gasteiger partial charge in [0, 0.05) is 0 Å². The minimum absolute atomic E-state index is 0.0428. The van der Waals surface area contributed by atoms with E-state index in [9.17, 15) is 5.11 Å². The molecule has 3 aliphatic rings. The normalized spacial score (nSPS) is 59.1. The van der Waals surface area contributed by atoms with Crippen LogP contribution in [0.4, 0.5) is 0 Å². The average molecular weight is 196 g/mol. The number of aliphatic hydroxyl groups is 1. The van der Waals surface area contributed by atoms with E-state index in [4.69, 9.17) is 4.74 Å². The van der Waals surface area contributed by atoms with Crippen molar-refractivity contribution in [3.8, 4) is 0 Å². The lowest BCUT2D eigenvalue weighted by Gasteiger charge is -2.50. The summed E-state index contributed by atoms with van der Waals surface area (Å²) >= 11 is 0. The molecule has 0 aromatic carbocycles. The van der Waals surface area contributed by atoms with E-state index < -0.39 is 5.60 Å². The van der Waals surface area contributed by atoms with Crippen LogP contribution in [-0.2, 0) is 4.74 Å². The van der Waals surface area contributed by atoms with Crippen LogP contribution in [-0.4, -0.2) is 23.4 Å². The van der Waals surface area contributed by atoms with Crippen LogP contribution >= 0.6 is 0 Å². The van der Waals surface area contributed by atoms with Crippen LogP contribution < -0.4 is 0 Å². The fourth-order valence-electron chi connectivity index (χ4n) is 4.38. The van der Waals surface area contributed by atoms with E-state index in [-0.39, 0.29) is 16.9 Å². The maximum Gasteiger partial charge on any atom is 0.111 e. The summed E-state index contributed by atoms with van der Waals surface area (Å²) in [5, 5.41) is 11.0. The Balaban J connectivity index is 2.09. The summed E-state index contributed by atoms with van der Waals surface area (Å²) in [5.41, 5.74) is -0.410. The molecule has 3 fully saturated rings. The standard InChI is InChI=1S/C12H20O2/c1-10(2)8-4-5-11(3,6-8)12(10,13)9-7-14-9/h8-9,13H,4-7H2,1-3H3/t8-,9+,11+,12-/m0/s1. The quantitative estimate of drug-likeness (QED) is 0.650. The fraction of sp³-hybridized carbons (Fsp3) is 1.00. The zero-order chi connectivity index (χ0) is 10.2. The SMILES string of the molecule is CC1(C)[C@H]2CC[C@](C)(C2)[C@]1(O)[C@H]1CO1. The van der Waals surface area contributed by atoms with E-state index in [1.165, 1.54) is 19.3 Å². The zero-order valence-electron chi connectivity index (χ0n) is 9.34. The van der Waals surface area contributed by atoms with Gasteiger partial charge in [-0.05, 0) is 36.0 Å². The highest BCUT2D eigenvalue weighted by Gasteiger charge is 2.73. The highest BCUT2D eigenvalue weighted by molar-refractivity contribution is 5.22. The van der Waals surface area contributed by atoms with Crippen LogP contribution in [0, 0.1) is 16.7 Å². The molecule has 4 atom stereocenters. The van der Waals surface area contributed by atoms with Crippen molar-refractivity contribution in [3.63, 3.8) is 0 Å². The van der Waals surface area contributed by atoms with Gasteiger partial charge in [-0.2, -0.15) is 0 Å². The highest BCUT2D eigenvalue weighted by atomic mass is 16.6. The number of epoxide rings is 1. The molecular weight excluding hydrogens is 176 g/mol. The second-order valence-electron chi connectivity index (χ2n) is 6.31. The van der Waals surface area contributed by atoms with Crippen LogP contribution in [0.2, 0.25) is 0 Å². The minimum Gasteiger partial charge on any atom is -0.386 e. The molecule has 2 heteroatoms. The predicted molar refractivity (Wildman–Crippen MR) is 53.9 cm³/mol. The van der Waals surface area contributed by atoms with Crippen molar-refractivity contribution in [3.05, 3.63) is 0 Å². The zero-order valence-corrected chi connectivity index (χ0v) is 9.34. The monoisotopic (exact) mass is 196 g/mol. The summed E-state index contributed by atoms with van der Waals surface area (Å²) < 4.78 is 5.40. The van der Waals surface area contributed by atoms with Gasteiger partial charge in [-0.15, -0.1) is 0 Å². The molecule has 2 saturated carbocycles. The topological polar surface area (TPSA) is 32.8 Å². The Labute approximate surface area is 85.6 Å². The van der Waals surface area contributed by atoms with Gasteiger partial charge >= 0.3 is 0 Å². The molecule has 0 amide bonds. The first-order chi connectivity index (χ1) is 6.42. The lowest BCUT2D eigenvalue weighted by Crippen LogP contribution is -2.58. The van der Waals surface area contributed by atoms with Crippen molar-refractivity contribution in [1.29, 1.82) is 0 Å². The van der Waals surface area contributed by atoms with E-state index in [0.29, 0.717) is 5.92 Å². The average Bonchev–Trinajstić information content (AvgIpc) is 2.84. The van der Waals surface area contributed by atoms with Crippen molar-refractivity contribution in [2.75, 3.05) is 6.61 Å². The van der Waals surface area contributed by atoms with Crippen LogP contribution in [0.15, 0.2) is 0 Å². The smallest absolute Gasteiger partial charge is 0.111 e. The van der Waals surface area contributed by atoms with E-state index in [1.54, 1.807) is 0 Å². The molecule has 2 aliphatic carbocycles. The fourth-order valence-corrected chi connectivity index (χ4v) is 4.38. The first-order valence-corrected chi connectivity index (χ1v) is 5.76. The third-order valence-corrected chi connectivity index (χ3v) is 5.46. The van der Waals surface area contributed by atoms with E-state index in [1.807, 2.05) is 0 Å². The van der Waals surface area contributed by atoms with E-state index in [0.717, 1.165) is 6.61 Å². The number of rotatable bonds is 1. The molecular formula is C12H20O2. The van der Waals surface area contributed by atoms with Crippen molar-refractivity contribution < 1.29 is 9.84 Å². The lowest BCUT2D eigenvalue weighted by atomic mass is 9.59. The third-order valence-electron chi connectivity index (χ3n) is 5.46.